The molecule has 0 aliphatic heterocycles. The van der Waals surface area contributed by atoms with E-state index in [1.165, 1.54) is 43.5 Å². The fourth-order valence-corrected chi connectivity index (χ4v) is 1.84. The summed E-state index contributed by atoms with van der Waals surface area (Å²) in [7, 11) is 1.41. The van der Waals surface area contributed by atoms with Crippen LogP contribution < -0.4 is 10.1 Å². The highest BCUT2D eigenvalue weighted by Crippen LogP contribution is 2.28. The molecule has 2 N–H and O–H groups in total. The number of carbonyl (C=O) groups excluding carboxylic acids is 1. The minimum absolute atomic E-state index is 0.132. The first kappa shape index (κ1) is 16.0. The zero-order valence-corrected chi connectivity index (χ0v) is 12.2. The molecule has 0 heterocycles. The molecule has 0 bridgehead atoms. The Kier molecular flexibility index (Phi) is 4.93. The monoisotopic (exact) mass is 314 g/mol. The lowest BCUT2D eigenvalue weighted by molar-refractivity contribution is -0.384. The van der Waals surface area contributed by atoms with Crippen LogP contribution in [-0.2, 0) is 4.79 Å². The lowest BCUT2D eigenvalue weighted by Gasteiger charge is -2.08. The number of benzene rings is 2. The number of nitro groups is 1. The summed E-state index contributed by atoms with van der Waals surface area (Å²) in [5, 5.41) is 22.5. The van der Waals surface area contributed by atoms with Gasteiger partial charge in [0, 0.05) is 18.2 Å². The predicted molar refractivity (Wildman–Crippen MR) is 85.4 cm³/mol. The van der Waals surface area contributed by atoms with Gasteiger partial charge in [0.15, 0.2) is 0 Å². The molecule has 0 atom stereocenters. The Morgan fingerprint density at radius 3 is 2.57 bits per heavy atom. The van der Waals surface area contributed by atoms with Crippen molar-refractivity contribution in [3.63, 3.8) is 0 Å². The molecule has 0 spiro atoms. The third-order valence-electron chi connectivity index (χ3n) is 2.97. The molecule has 7 nitrogen and oxygen atoms in total. The summed E-state index contributed by atoms with van der Waals surface area (Å²) in [6.07, 6.45) is 2.84. The summed E-state index contributed by atoms with van der Waals surface area (Å²) >= 11 is 0. The van der Waals surface area contributed by atoms with Crippen molar-refractivity contribution in [3.8, 4) is 11.5 Å². The van der Waals surface area contributed by atoms with Gasteiger partial charge in [-0.25, -0.2) is 0 Å². The van der Waals surface area contributed by atoms with Crippen molar-refractivity contribution in [2.24, 2.45) is 0 Å². The minimum Gasteiger partial charge on any atom is -0.508 e. The molecule has 0 aliphatic carbocycles. The van der Waals surface area contributed by atoms with E-state index in [4.69, 9.17) is 4.74 Å². The molecule has 2 aromatic rings. The first-order chi connectivity index (χ1) is 11.0. The average Bonchev–Trinajstić information content (AvgIpc) is 2.54. The van der Waals surface area contributed by atoms with E-state index >= 15 is 0 Å². The van der Waals surface area contributed by atoms with Crippen LogP contribution in [0.25, 0.3) is 6.08 Å². The highest BCUT2D eigenvalue weighted by Gasteiger charge is 2.12. The molecule has 0 radical (unpaired) electrons. The average molecular weight is 314 g/mol. The van der Waals surface area contributed by atoms with Crippen molar-refractivity contribution in [1.29, 1.82) is 0 Å². The van der Waals surface area contributed by atoms with E-state index < -0.39 is 10.8 Å². The molecule has 2 rings (SSSR count). The molecule has 7 heteroatoms. The molecular weight excluding hydrogens is 300 g/mol. The summed E-state index contributed by atoms with van der Waals surface area (Å²) in [6.45, 7) is 0. The quantitative estimate of drug-likeness (QED) is 0.502. The molecule has 1 amide bonds. The predicted octanol–water partition coefficient (Wildman–Crippen LogP) is 2.96. The molecule has 118 valence electrons. The third kappa shape index (κ3) is 4.31. The number of nitro benzene ring substituents is 1. The fraction of sp³-hybridized carbons (Fsp3) is 0.0625. The van der Waals surface area contributed by atoms with Gasteiger partial charge in [0.2, 0.25) is 5.91 Å². The summed E-state index contributed by atoms with van der Waals surface area (Å²) in [4.78, 5) is 22.2. The number of aromatic hydroxyl groups is 1. The Labute approximate surface area is 132 Å². The Morgan fingerprint density at radius 2 is 1.96 bits per heavy atom. The summed E-state index contributed by atoms with van der Waals surface area (Å²) in [5.74, 6) is -0.00760. The van der Waals surface area contributed by atoms with Crippen molar-refractivity contribution in [3.05, 3.63) is 64.2 Å². The van der Waals surface area contributed by atoms with E-state index in [1.807, 2.05) is 0 Å². The van der Waals surface area contributed by atoms with E-state index in [0.29, 0.717) is 5.75 Å². The molecule has 0 fully saturated rings. The minimum atomic E-state index is -0.554. The molecule has 0 aliphatic rings. The van der Waals surface area contributed by atoms with Crippen LogP contribution in [-0.4, -0.2) is 23.0 Å². The first-order valence-electron chi connectivity index (χ1n) is 6.60. The van der Waals surface area contributed by atoms with Gasteiger partial charge in [-0.3, -0.25) is 14.9 Å². The Balaban J connectivity index is 2.14. The summed E-state index contributed by atoms with van der Waals surface area (Å²) in [6, 6.07) is 10.2. The number of phenols is 1. The summed E-state index contributed by atoms with van der Waals surface area (Å²) < 4.78 is 5.07. The zero-order chi connectivity index (χ0) is 16.8. The van der Waals surface area contributed by atoms with Gasteiger partial charge in [0.05, 0.1) is 17.7 Å². The second kappa shape index (κ2) is 7.08. The number of rotatable bonds is 5. The number of carbonyl (C=O) groups is 1. The maximum Gasteiger partial charge on any atom is 0.271 e. The van der Waals surface area contributed by atoms with Crippen molar-refractivity contribution >= 4 is 23.4 Å². The van der Waals surface area contributed by atoms with Crippen molar-refractivity contribution < 1.29 is 19.6 Å². The third-order valence-corrected chi connectivity index (χ3v) is 2.97. The van der Waals surface area contributed by atoms with Gasteiger partial charge in [0.1, 0.15) is 11.5 Å². The number of methoxy groups -OCH3 is 1. The lowest BCUT2D eigenvalue weighted by Crippen LogP contribution is -2.09. The van der Waals surface area contributed by atoms with Gasteiger partial charge >= 0.3 is 0 Å². The molecular formula is C16H14N2O5. The first-order valence-corrected chi connectivity index (χ1v) is 6.60. The standard InChI is InChI=1S/C16H14N2O5/c1-23-15-8-5-12(18(21)22)10-14(15)17-16(20)9-4-11-2-6-13(19)7-3-11/h2-10,19H,1H3,(H,17,20)/b9-4+. The van der Waals surface area contributed by atoms with Crippen LogP contribution in [0.3, 0.4) is 0 Å². The van der Waals surface area contributed by atoms with Crippen LogP contribution in [0.4, 0.5) is 11.4 Å². The molecule has 0 saturated carbocycles. The van der Waals surface area contributed by atoms with Gasteiger partial charge in [-0.1, -0.05) is 12.1 Å². The molecule has 23 heavy (non-hydrogen) atoms. The number of nitrogens with one attached hydrogen (secondary N) is 1. The van der Waals surface area contributed by atoms with Gasteiger partial charge in [-0.15, -0.1) is 0 Å². The molecule has 2 aromatic carbocycles. The number of hydrogen-bond donors (Lipinski definition) is 2. The van der Waals surface area contributed by atoms with Crippen molar-refractivity contribution in [1.82, 2.24) is 0 Å². The second-order valence-electron chi connectivity index (χ2n) is 4.56. The van der Waals surface area contributed by atoms with Crippen LogP contribution in [0, 0.1) is 10.1 Å². The second-order valence-corrected chi connectivity index (χ2v) is 4.56. The van der Waals surface area contributed by atoms with Crippen molar-refractivity contribution in [2.75, 3.05) is 12.4 Å². The molecule has 0 saturated heterocycles. The van der Waals surface area contributed by atoms with Crippen LogP contribution in [0.2, 0.25) is 0 Å². The van der Waals surface area contributed by atoms with E-state index in [0.717, 1.165) is 5.56 Å². The SMILES string of the molecule is COc1ccc([N+](=O)[O-])cc1NC(=O)/C=C/c1ccc(O)cc1. The van der Waals surface area contributed by atoms with Gasteiger partial charge in [0.25, 0.3) is 5.69 Å². The number of non-ortho nitro benzene ring substituents is 1. The number of anilines is 1. The number of ether oxygens (including phenoxy) is 1. The number of phenolic OH excluding ortho intramolecular Hbond substituents is 1. The van der Waals surface area contributed by atoms with Gasteiger partial charge in [-0.05, 0) is 29.8 Å². The lowest BCUT2D eigenvalue weighted by atomic mass is 10.2. The van der Waals surface area contributed by atoms with Crippen LogP contribution in [0.15, 0.2) is 48.5 Å². The highest BCUT2D eigenvalue weighted by molar-refractivity contribution is 6.03. The van der Waals surface area contributed by atoms with Crippen LogP contribution in [0.1, 0.15) is 5.56 Å². The molecule has 0 unspecified atom stereocenters. The Bertz CT molecular complexity index is 754. The van der Waals surface area contributed by atoms with E-state index in [2.05, 4.69) is 5.32 Å². The maximum absolute atomic E-state index is 11.9. The number of hydrogen-bond acceptors (Lipinski definition) is 5. The zero-order valence-electron chi connectivity index (χ0n) is 12.2. The maximum atomic E-state index is 11.9. The van der Waals surface area contributed by atoms with Gasteiger partial charge < -0.3 is 15.2 Å². The Hall–Kier alpha value is -3.35. The fourth-order valence-electron chi connectivity index (χ4n) is 1.84. The molecule has 0 aromatic heterocycles. The highest BCUT2D eigenvalue weighted by atomic mass is 16.6. The van der Waals surface area contributed by atoms with Crippen molar-refractivity contribution in [2.45, 2.75) is 0 Å². The largest absolute Gasteiger partial charge is 0.508 e. The number of amides is 1. The topological polar surface area (TPSA) is 102 Å². The van der Waals surface area contributed by atoms with Gasteiger partial charge in [-0.2, -0.15) is 0 Å². The van der Waals surface area contributed by atoms with Crippen LogP contribution >= 0.6 is 0 Å². The van der Waals surface area contributed by atoms with E-state index in [-0.39, 0.29) is 17.1 Å². The van der Waals surface area contributed by atoms with Crippen LogP contribution in [0.5, 0.6) is 11.5 Å². The smallest absolute Gasteiger partial charge is 0.271 e. The van der Waals surface area contributed by atoms with E-state index in [9.17, 15) is 20.0 Å². The normalized spacial score (nSPS) is 10.5. The number of nitrogens with zero attached hydrogens (tertiary/aromatic N) is 1. The van der Waals surface area contributed by atoms with E-state index in [1.54, 1.807) is 18.2 Å². The Morgan fingerprint density at radius 1 is 1.26 bits per heavy atom. The summed E-state index contributed by atoms with van der Waals surface area (Å²) in [5.41, 5.74) is 0.787.